The molecule has 2 rings (SSSR count). The summed E-state index contributed by atoms with van der Waals surface area (Å²) >= 11 is 0. The van der Waals surface area contributed by atoms with E-state index < -0.39 is 0 Å². The number of rotatable bonds is 4. The standard InChI is InChI=1S/C10H14N8O/c1-5(2)13-15-7-8(16-14-6(3)4)12-10-9(11-7)17-19-18-10/h1-4H3,(H,11,15,17)(H,12,16,18). The SMILES string of the molecule is CC(C)=NNc1nc2nonc2nc1NN=C(C)C. The van der Waals surface area contributed by atoms with Crippen LogP contribution in [0.2, 0.25) is 0 Å². The minimum Gasteiger partial charge on any atom is -0.258 e. The molecule has 9 nitrogen and oxygen atoms in total. The maximum Gasteiger partial charge on any atom is 0.245 e. The molecule has 19 heavy (non-hydrogen) atoms. The predicted molar refractivity (Wildman–Crippen MR) is 72.2 cm³/mol. The third kappa shape index (κ3) is 3.21. The van der Waals surface area contributed by atoms with Crippen molar-refractivity contribution in [1.29, 1.82) is 0 Å². The zero-order valence-corrected chi connectivity index (χ0v) is 11.1. The van der Waals surface area contributed by atoms with Crippen molar-refractivity contribution in [3.05, 3.63) is 0 Å². The third-order valence-electron chi connectivity index (χ3n) is 1.89. The van der Waals surface area contributed by atoms with Crippen LogP contribution in [0, 0.1) is 0 Å². The average Bonchev–Trinajstić information content (AvgIpc) is 2.79. The van der Waals surface area contributed by atoms with Gasteiger partial charge in [-0.2, -0.15) is 20.2 Å². The number of aromatic nitrogens is 4. The number of hydrogen-bond acceptors (Lipinski definition) is 9. The lowest BCUT2D eigenvalue weighted by Gasteiger charge is -2.06. The summed E-state index contributed by atoms with van der Waals surface area (Å²) in [6.45, 7) is 7.44. The van der Waals surface area contributed by atoms with Gasteiger partial charge in [0, 0.05) is 11.4 Å². The molecule has 0 fully saturated rings. The van der Waals surface area contributed by atoms with Gasteiger partial charge in [-0.3, -0.25) is 10.9 Å². The average molecular weight is 262 g/mol. The van der Waals surface area contributed by atoms with E-state index in [4.69, 9.17) is 0 Å². The molecule has 0 atom stereocenters. The number of fused-ring (bicyclic) bond motifs is 1. The van der Waals surface area contributed by atoms with Gasteiger partial charge in [0.2, 0.25) is 11.3 Å². The molecule has 0 aromatic carbocycles. The van der Waals surface area contributed by atoms with Crippen molar-refractivity contribution in [2.75, 3.05) is 10.9 Å². The molecule has 2 N–H and O–H groups in total. The van der Waals surface area contributed by atoms with E-state index in [9.17, 15) is 0 Å². The van der Waals surface area contributed by atoms with Crippen molar-refractivity contribution in [1.82, 2.24) is 20.3 Å². The van der Waals surface area contributed by atoms with Crippen LogP contribution in [0.5, 0.6) is 0 Å². The quantitative estimate of drug-likeness (QED) is 0.635. The highest BCUT2D eigenvalue weighted by atomic mass is 16.6. The zero-order valence-electron chi connectivity index (χ0n) is 11.1. The summed E-state index contributed by atoms with van der Waals surface area (Å²) in [5.74, 6) is 0.795. The summed E-state index contributed by atoms with van der Waals surface area (Å²) in [5.41, 5.74) is 7.88. The van der Waals surface area contributed by atoms with E-state index in [1.54, 1.807) is 0 Å². The molecule has 2 heterocycles. The summed E-state index contributed by atoms with van der Waals surface area (Å²) in [7, 11) is 0. The maximum absolute atomic E-state index is 4.57. The molecule has 2 aromatic heterocycles. The topological polar surface area (TPSA) is 113 Å². The van der Waals surface area contributed by atoms with Gasteiger partial charge in [0.05, 0.1) is 0 Å². The Morgan fingerprint density at radius 3 is 1.63 bits per heavy atom. The lowest BCUT2D eigenvalue weighted by Crippen LogP contribution is -2.04. The Morgan fingerprint density at radius 2 is 1.26 bits per heavy atom. The van der Waals surface area contributed by atoms with Gasteiger partial charge in [-0.05, 0) is 38.0 Å². The monoisotopic (exact) mass is 262 g/mol. The van der Waals surface area contributed by atoms with Crippen molar-refractivity contribution in [2.24, 2.45) is 10.2 Å². The molecule has 2 aromatic rings. The fourth-order valence-corrected chi connectivity index (χ4v) is 1.12. The van der Waals surface area contributed by atoms with E-state index in [0.717, 1.165) is 11.4 Å². The van der Waals surface area contributed by atoms with Crippen LogP contribution in [0.25, 0.3) is 11.3 Å². The Morgan fingerprint density at radius 1 is 0.842 bits per heavy atom. The normalized spacial score (nSPS) is 10.1. The third-order valence-corrected chi connectivity index (χ3v) is 1.89. The van der Waals surface area contributed by atoms with Crippen molar-refractivity contribution < 1.29 is 4.63 Å². The van der Waals surface area contributed by atoms with Gasteiger partial charge >= 0.3 is 0 Å². The molecule has 0 saturated carbocycles. The van der Waals surface area contributed by atoms with E-state index in [0.29, 0.717) is 22.9 Å². The Balaban J connectivity index is 2.41. The highest BCUT2D eigenvalue weighted by Crippen LogP contribution is 2.19. The molecular weight excluding hydrogens is 248 g/mol. The van der Waals surface area contributed by atoms with Crippen molar-refractivity contribution in [3.8, 4) is 0 Å². The number of hydrazone groups is 2. The molecule has 0 aliphatic carbocycles. The number of anilines is 2. The number of hydrogen-bond donors (Lipinski definition) is 2. The van der Waals surface area contributed by atoms with E-state index in [-0.39, 0.29) is 0 Å². The summed E-state index contributed by atoms with van der Waals surface area (Å²) in [4.78, 5) is 8.41. The van der Waals surface area contributed by atoms with Crippen LogP contribution in [0.3, 0.4) is 0 Å². The van der Waals surface area contributed by atoms with Gasteiger partial charge in [-0.1, -0.05) is 0 Å². The van der Waals surface area contributed by atoms with Crippen molar-refractivity contribution >= 4 is 34.4 Å². The Labute approximate surface area is 109 Å². The van der Waals surface area contributed by atoms with Gasteiger partial charge < -0.3 is 0 Å². The predicted octanol–water partition coefficient (Wildman–Crippen LogP) is 1.63. The Hall–Kier alpha value is -2.58. The molecule has 0 amide bonds. The molecule has 0 bridgehead atoms. The zero-order chi connectivity index (χ0) is 13.8. The smallest absolute Gasteiger partial charge is 0.245 e. The molecule has 0 unspecified atom stereocenters. The summed E-state index contributed by atoms with van der Waals surface area (Å²) in [6, 6.07) is 0. The summed E-state index contributed by atoms with van der Waals surface area (Å²) in [5, 5.41) is 15.4. The molecule has 0 aliphatic heterocycles. The number of nitrogens with one attached hydrogen (secondary N) is 2. The van der Waals surface area contributed by atoms with Crippen LogP contribution in [-0.4, -0.2) is 31.7 Å². The number of nitrogens with zero attached hydrogens (tertiary/aromatic N) is 6. The second-order valence-corrected chi connectivity index (χ2v) is 4.17. The fourth-order valence-electron chi connectivity index (χ4n) is 1.12. The molecule has 0 radical (unpaired) electrons. The van der Waals surface area contributed by atoms with Gasteiger partial charge in [0.15, 0.2) is 11.6 Å². The van der Waals surface area contributed by atoms with Crippen LogP contribution >= 0.6 is 0 Å². The Kier molecular flexibility index (Phi) is 3.64. The molecule has 0 aliphatic rings. The first kappa shape index (κ1) is 12.9. The largest absolute Gasteiger partial charge is 0.258 e. The van der Waals surface area contributed by atoms with Crippen LogP contribution in [-0.2, 0) is 0 Å². The first-order valence-corrected chi connectivity index (χ1v) is 5.60. The lowest BCUT2D eigenvalue weighted by atomic mass is 10.5. The molecular formula is C10H14N8O. The van der Waals surface area contributed by atoms with Gasteiger partial charge in [0.25, 0.3) is 0 Å². The van der Waals surface area contributed by atoms with E-state index >= 15 is 0 Å². The van der Waals surface area contributed by atoms with E-state index in [1.165, 1.54) is 0 Å². The highest BCUT2D eigenvalue weighted by Gasteiger charge is 2.11. The molecule has 0 spiro atoms. The summed E-state index contributed by atoms with van der Waals surface area (Å²) in [6.07, 6.45) is 0. The van der Waals surface area contributed by atoms with Crippen LogP contribution in [0.1, 0.15) is 27.7 Å². The second-order valence-electron chi connectivity index (χ2n) is 4.17. The molecule has 0 saturated heterocycles. The molecule has 100 valence electrons. The van der Waals surface area contributed by atoms with Crippen LogP contribution in [0.15, 0.2) is 14.8 Å². The lowest BCUT2D eigenvalue weighted by molar-refractivity contribution is 0.314. The van der Waals surface area contributed by atoms with Gasteiger partial charge in [0.1, 0.15) is 0 Å². The fraction of sp³-hybridized carbons (Fsp3) is 0.400. The van der Waals surface area contributed by atoms with Crippen LogP contribution in [0.4, 0.5) is 11.6 Å². The Bertz CT molecular complexity index is 582. The molecule has 9 heteroatoms. The minimum absolute atomic E-state index is 0.300. The van der Waals surface area contributed by atoms with Gasteiger partial charge in [-0.25, -0.2) is 4.63 Å². The first-order valence-electron chi connectivity index (χ1n) is 5.60. The first-order chi connectivity index (χ1) is 9.06. The minimum atomic E-state index is 0.300. The maximum atomic E-state index is 4.57. The van der Waals surface area contributed by atoms with E-state index in [1.807, 2.05) is 27.7 Å². The van der Waals surface area contributed by atoms with Gasteiger partial charge in [-0.15, -0.1) is 0 Å². The van der Waals surface area contributed by atoms with Crippen molar-refractivity contribution in [2.45, 2.75) is 27.7 Å². The van der Waals surface area contributed by atoms with Crippen molar-refractivity contribution in [3.63, 3.8) is 0 Å². The highest BCUT2D eigenvalue weighted by molar-refractivity contribution is 5.82. The summed E-state index contributed by atoms with van der Waals surface area (Å²) < 4.78 is 4.57. The van der Waals surface area contributed by atoms with Crippen LogP contribution < -0.4 is 10.9 Å². The van der Waals surface area contributed by atoms with E-state index in [2.05, 4.69) is 46.0 Å². The second kappa shape index (κ2) is 5.38.